The van der Waals surface area contributed by atoms with E-state index in [1.807, 2.05) is 0 Å². The van der Waals surface area contributed by atoms with Crippen LogP contribution in [0.1, 0.15) is 32.1 Å². The summed E-state index contributed by atoms with van der Waals surface area (Å²) in [5.41, 5.74) is 0. The topological polar surface area (TPSA) is 534 Å². The molecule has 21 aliphatic heterocycles. The second-order valence-electron chi connectivity index (χ2n) is 20.9. The van der Waals surface area contributed by atoms with E-state index in [9.17, 15) is 102 Å². The first kappa shape index (κ1) is 64.6. The highest BCUT2D eigenvalue weighted by atomic mass is 16.8. The van der Waals surface area contributed by atoms with Gasteiger partial charge in [-0.05, 0) is 0 Å². The quantitative estimate of drug-likeness (QED) is 0.113. The minimum absolute atomic E-state index is 0.550. The van der Waals surface area contributed by atoms with Gasteiger partial charge in [0, 0.05) is 6.42 Å². The van der Waals surface area contributed by atoms with E-state index in [1.165, 1.54) is 25.7 Å². The number of aliphatic hydroxyl groups excluding tert-OH is 20. The molecule has 14 bridgehead atoms. The van der Waals surface area contributed by atoms with Gasteiger partial charge in [0.25, 0.3) is 0 Å². The van der Waals surface area contributed by atoms with Crippen LogP contribution in [0.4, 0.5) is 0 Å². The van der Waals surface area contributed by atoms with Crippen LogP contribution in [-0.2, 0) is 66.3 Å². The molecule has 1 aliphatic carbocycles. The van der Waals surface area contributed by atoms with Crippen LogP contribution in [0.3, 0.4) is 0 Å². The maximum Gasteiger partial charge on any atom is 0.187 e. The van der Waals surface area contributed by atoms with Crippen molar-refractivity contribution in [3.05, 3.63) is 0 Å². The normalized spacial score (nSPS) is 53.4. The molecule has 466 valence electrons. The Labute approximate surface area is 455 Å². The third-order valence-electron chi connectivity index (χ3n) is 15.7. The molecule has 21 heterocycles. The van der Waals surface area contributed by atoms with Crippen molar-refractivity contribution >= 4 is 0 Å². The summed E-state index contributed by atoms with van der Waals surface area (Å²) in [5, 5.41) is 219. The van der Waals surface area contributed by atoms with E-state index < -0.39 is 262 Å². The Hall–Kier alpha value is -1.36. The van der Waals surface area contributed by atoms with Gasteiger partial charge in [-0.25, -0.2) is 0 Å². The van der Waals surface area contributed by atoms with E-state index in [4.69, 9.17) is 66.3 Å². The lowest BCUT2D eigenvalue weighted by atomic mass is 9.95. The van der Waals surface area contributed by atoms with Crippen LogP contribution in [-0.4, -0.2) is 357 Å². The predicted molar refractivity (Wildman–Crippen MR) is 246 cm³/mol. The molecule has 0 aromatic carbocycles. The van der Waals surface area contributed by atoms with Gasteiger partial charge in [-0.2, -0.15) is 0 Å². The largest absolute Gasteiger partial charge is 0.394 e. The zero-order valence-corrected chi connectivity index (χ0v) is 42.8. The zero-order valence-electron chi connectivity index (χ0n) is 42.8. The zero-order chi connectivity index (χ0) is 58.0. The summed E-state index contributed by atoms with van der Waals surface area (Å²) in [6.07, 6.45) is -59.7. The van der Waals surface area contributed by atoms with Gasteiger partial charge in [-0.3, -0.25) is 0 Å². The number of aliphatic hydroxyl groups is 20. The maximum absolute atomic E-state index is 11.3. The predicted octanol–water partition coefficient (Wildman–Crippen LogP) is -12.6. The lowest BCUT2D eigenvalue weighted by Gasteiger charge is -2.50. The fourth-order valence-corrected chi connectivity index (χ4v) is 10.7. The summed E-state index contributed by atoms with van der Waals surface area (Å²) < 4.78 is 80.0. The van der Waals surface area contributed by atoms with Crippen LogP contribution in [0.5, 0.6) is 0 Å². The van der Waals surface area contributed by atoms with Crippen LogP contribution in [0.15, 0.2) is 0 Å². The van der Waals surface area contributed by atoms with Crippen molar-refractivity contribution in [1.29, 1.82) is 0 Å². The second-order valence-corrected chi connectivity index (χ2v) is 20.9. The van der Waals surface area contributed by atoms with E-state index >= 15 is 0 Å². The highest BCUT2D eigenvalue weighted by molar-refractivity contribution is 5.01. The van der Waals surface area contributed by atoms with Crippen LogP contribution in [0.2, 0.25) is 0 Å². The Morgan fingerprint density at radius 2 is 0.400 bits per heavy atom. The highest BCUT2D eigenvalue weighted by Crippen LogP contribution is 2.39. The molecule has 22 aliphatic rings. The minimum Gasteiger partial charge on any atom is -0.394 e. The monoisotopic (exact) mass is 1170 g/mol. The third kappa shape index (κ3) is 13.4. The number of hydrogen-bond acceptors (Lipinski definition) is 34. The molecular formula is C46H78O34. The van der Waals surface area contributed by atoms with Gasteiger partial charge in [0.05, 0.1) is 52.4 Å². The Morgan fingerprint density at radius 3 is 0.600 bits per heavy atom. The number of ether oxygens (including phenoxy) is 14. The molecule has 34 atom stereocenters. The van der Waals surface area contributed by atoms with E-state index in [-0.39, 0.29) is 0 Å². The van der Waals surface area contributed by atoms with E-state index in [0.717, 1.165) is 0 Å². The molecular weight excluding hydrogens is 1100 g/mol. The first-order valence-electron chi connectivity index (χ1n) is 26.5. The van der Waals surface area contributed by atoms with Crippen molar-refractivity contribution in [2.75, 3.05) is 46.2 Å². The molecule has 0 aromatic rings. The lowest BCUT2D eigenvalue weighted by molar-refractivity contribution is -0.396. The SMILES string of the molecule is C1CCC1.OCC1OC2CC(O)C1OC1OC(CO)C(OC3OC(CO)C(OC4OC(CO)C(OC5OC(CO)C(OC6OC(CO)C(OC7OC(CO)C(O2)C(O)C7O)C(O)C6O)C(O)C5O)C(O)C4O)C(O)C3O)C(O)C1O. The van der Waals surface area contributed by atoms with Crippen LogP contribution >= 0.6 is 0 Å². The van der Waals surface area contributed by atoms with Crippen LogP contribution in [0.25, 0.3) is 0 Å². The molecule has 1 saturated carbocycles. The van der Waals surface area contributed by atoms with E-state index in [1.54, 1.807) is 0 Å². The van der Waals surface area contributed by atoms with Gasteiger partial charge in [-0.1, -0.05) is 25.7 Å². The first-order valence-corrected chi connectivity index (χ1v) is 26.5. The Balaban J connectivity index is 0.00000201. The second kappa shape index (κ2) is 28.4. The van der Waals surface area contributed by atoms with E-state index in [0.29, 0.717) is 0 Å². The molecule has 21 saturated heterocycles. The molecule has 0 radical (unpaired) electrons. The summed E-state index contributed by atoms with van der Waals surface area (Å²) in [7, 11) is 0. The van der Waals surface area contributed by atoms with Crippen molar-refractivity contribution in [3.63, 3.8) is 0 Å². The molecule has 34 nitrogen and oxygen atoms in total. The van der Waals surface area contributed by atoms with Crippen molar-refractivity contribution in [2.24, 2.45) is 0 Å². The maximum atomic E-state index is 11.3. The Bertz CT molecular complexity index is 1850. The van der Waals surface area contributed by atoms with Crippen molar-refractivity contribution < 1.29 is 168 Å². The van der Waals surface area contributed by atoms with Gasteiger partial charge in [0.1, 0.15) is 159 Å². The molecule has 0 amide bonds. The summed E-state index contributed by atoms with van der Waals surface area (Å²) in [4.78, 5) is 0. The molecule has 34 unspecified atom stereocenters. The summed E-state index contributed by atoms with van der Waals surface area (Å²) >= 11 is 0. The summed E-state index contributed by atoms with van der Waals surface area (Å²) in [6, 6.07) is 0. The lowest BCUT2D eigenvalue weighted by Crippen LogP contribution is -2.68. The molecule has 80 heavy (non-hydrogen) atoms. The molecule has 34 heteroatoms. The van der Waals surface area contributed by atoms with Gasteiger partial charge in [0.2, 0.25) is 0 Å². The van der Waals surface area contributed by atoms with Gasteiger partial charge in [0.15, 0.2) is 44.0 Å². The number of rotatable bonds is 7. The minimum atomic E-state index is -2.19. The van der Waals surface area contributed by atoms with Gasteiger partial charge >= 0.3 is 0 Å². The van der Waals surface area contributed by atoms with E-state index in [2.05, 4.69) is 0 Å². The fraction of sp³-hybridized carbons (Fsp3) is 1.00. The molecule has 0 spiro atoms. The molecule has 20 N–H and O–H groups in total. The highest BCUT2D eigenvalue weighted by Gasteiger charge is 2.59. The van der Waals surface area contributed by atoms with Crippen LogP contribution < -0.4 is 0 Å². The number of hydrogen-bond donors (Lipinski definition) is 20. The molecule has 0 aromatic heterocycles. The standard InChI is InChI=1S/C42H70O34.C4H8/c43-2-10-30-9(50)1-17(63-10)70-31-11(3-44)64-38(24(57)18(31)51)72-33-13(5-46)66-40(26(59)20(33)53)74-35-15(7-48)68-42(28(61)22(35)55)76-36-16(8-49)69-41(29(62)23(36)56)75-34-14(6-47)67-39(27(60)21(34)54)73-32-12(4-45)65-37(71-30)25(58)19(32)52;1-2-4-3-1/h9-62H,1-8H2;1-4H2. The Kier molecular flexibility index (Phi) is 23.0. The van der Waals surface area contributed by atoms with Gasteiger partial charge < -0.3 is 168 Å². The summed E-state index contributed by atoms with van der Waals surface area (Å²) in [6.45, 7) is -6.99. The average molecular weight is 1180 g/mol. The third-order valence-corrected chi connectivity index (χ3v) is 15.7. The molecule has 22 rings (SSSR count). The summed E-state index contributed by atoms with van der Waals surface area (Å²) in [5.74, 6) is 0. The average Bonchev–Trinajstić information content (AvgIpc) is 3.54. The molecule has 22 fully saturated rings. The van der Waals surface area contributed by atoms with Crippen molar-refractivity contribution in [1.82, 2.24) is 0 Å². The van der Waals surface area contributed by atoms with Gasteiger partial charge in [-0.15, -0.1) is 0 Å². The first-order chi connectivity index (χ1) is 38.2. The smallest absolute Gasteiger partial charge is 0.187 e. The van der Waals surface area contributed by atoms with Crippen molar-refractivity contribution in [2.45, 2.75) is 241 Å². The fourth-order valence-electron chi connectivity index (χ4n) is 10.7. The van der Waals surface area contributed by atoms with Crippen LogP contribution in [0, 0.1) is 0 Å². The van der Waals surface area contributed by atoms with Crippen molar-refractivity contribution in [3.8, 4) is 0 Å². The Morgan fingerprint density at radius 1 is 0.212 bits per heavy atom.